The number of rotatable bonds is 4. The summed E-state index contributed by atoms with van der Waals surface area (Å²) in [6.07, 6.45) is 3.15. The van der Waals surface area contributed by atoms with Crippen molar-refractivity contribution in [2.45, 2.75) is 15.8 Å². The molecule has 3 aromatic rings. The largest absolute Gasteiger partial charge is 0.481 e. The van der Waals surface area contributed by atoms with Gasteiger partial charge >= 0.3 is 5.97 Å². The fraction of sp³-hybridized carbons (Fsp3) is 0.0833. The summed E-state index contributed by atoms with van der Waals surface area (Å²) in [5.41, 5.74) is 1.88. The van der Waals surface area contributed by atoms with Crippen molar-refractivity contribution in [2.24, 2.45) is 0 Å². The number of hydrogen-bond acceptors (Lipinski definition) is 7. The number of aliphatic carboxylic acids is 1. The minimum Gasteiger partial charge on any atom is -0.481 e. The van der Waals surface area contributed by atoms with Crippen molar-refractivity contribution in [2.75, 3.05) is 0 Å². The lowest BCUT2D eigenvalue weighted by Gasteiger charge is -1.98. The van der Waals surface area contributed by atoms with Crippen LogP contribution in [0.2, 0.25) is 0 Å². The SMILES string of the molecule is O=C(O)Cc1csc(Sc2ccc3nccnc3n2)n1. The Bertz CT molecular complexity index is 775. The van der Waals surface area contributed by atoms with Gasteiger partial charge in [0.25, 0.3) is 0 Å². The lowest BCUT2D eigenvalue weighted by Crippen LogP contribution is -1.99. The number of hydrogen-bond donors (Lipinski definition) is 1. The smallest absolute Gasteiger partial charge is 0.309 e. The van der Waals surface area contributed by atoms with E-state index < -0.39 is 5.97 Å². The average molecular weight is 304 g/mol. The van der Waals surface area contributed by atoms with Gasteiger partial charge in [-0.05, 0) is 23.9 Å². The van der Waals surface area contributed by atoms with Crippen LogP contribution in [0.4, 0.5) is 0 Å². The first kappa shape index (κ1) is 12.9. The van der Waals surface area contributed by atoms with Crippen LogP contribution < -0.4 is 0 Å². The van der Waals surface area contributed by atoms with Crippen LogP contribution in [0.15, 0.2) is 39.3 Å². The van der Waals surface area contributed by atoms with Crippen LogP contribution in [-0.4, -0.2) is 31.0 Å². The summed E-state index contributed by atoms with van der Waals surface area (Å²) in [4.78, 5) is 27.5. The second kappa shape index (κ2) is 5.51. The maximum atomic E-state index is 10.6. The second-order valence-corrected chi connectivity index (χ2v) is 5.95. The lowest BCUT2D eigenvalue weighted by molar-refractivity contribution is -0.136. The van der Waals surface area contributed by atoms with E-state index in [0.29, 0.717) is 11.3 Å². The predicted molar refractivity (Wildman–Crippen MR) is 74.9 cm³/mol. The molecule has 3 heterocycles. The third-order valence-electron chi connectivity index (χ3n) is 2.36. The summed E-state index contributed by atoms with van der Waals surface area (Å²) in [6.45, 7) is 0. The summed E-state index contributed by atoms with van der Waals surface area (Å²) in [5.74, 6) is -0.883. The number of carboxylic acid groups (broad SMARTS) is 1. The number of carbonyl (C=O) groups is 1. The molecule has 0 aliphatic heterocycles. The second-order valence-electron chi connectivity index (χ2n) is 3.83. The highest BCUT2D eigenvalue weighted by atomic mass is 32.2. The Kier molecular flexibility index (Phi) is 3.57. The van der Waals surface area contributed by atoms with Gasteiger partial charge in [-0.25, -0.2) is 15.0 Å². The molecule has 0 bridgehead atoms. The van der Waals surface area contributed by atoms with E-state index in [1.807, 2.05) is 12.1 Å². The van der Waals surface area contributed by atoms with Crippen LogP contribution in [0, 0.1) is 0 Å². The number of carboxylic acids is 1. The maximum Gasteiger partial charge on any atom is 0.309 e. The van der Waals surface area contributed by atoms with Crippen molar-refractivity contribution < 1.29 is 9.90 Å². The standard InChI is InChI=1S/C12H8N4O2S2/c17-10(18)5-7-6-19-12(15-7)20-9-2-1-8-11(16-9)14-4-3-13-8/h1-4,6H,5H2,(H,17,18). The first-order valence-electron chi connectivity index (χ1n) is 5.62. The van der Waals surface area contributed by atoms with E-state index in [-0.39, 0.29) is 6.42 Å². The summed E-state index contributed by atoms with van der Waals surface area (Å²) in [7, 11) is 0. The van der Waals surface area contributed by atoms with Gasteiger partial charge in [-0.15, -0.1) is 11.3 Å². The molecule has 0 saturated heterocycles. The zero-order chi connectivity index (χ0) is 13.9. The summed E-state index contributed by atoms with van der Waals surface area (Å²) >= 11 is 2.79. The van der Waals surface area contributed by atoms with E-state index in [0.717, 1.165) is 14.9 Å². The molecule has 0 saturated carbocycles. The van der Waals surface area contributed by atoms with Crippen LogP contribution >= 0.6 is 23.1 Å². The quantitative estimate of drug-likeness (QED) is 0.790. The normalized spacial score (nSPS) is 10.8. The first-order valence-corrected chi connectivity index (χ1v) is 7.32. The first-order chi connectivity index (χ1) is 9.70. The van der Waals surface area contributed by atoms with E-state index in [4.69, 9.17) is 5.11 Å². The minimum atomic E-state index is -0.883. The van der Waals surface area contributed by atoms with Crippen LogP contribution in [0.1, 0.15) is 5.69 Å². The number of pyridine rings is 1. The predicted octanol–water partition coefficient (Wildman–Crippen LogP) is 2.26. The van der Waals surface area contributed by atoms with Gasteiger partial charge in [0.15, 0.2) is 9.99 Å². The Morgan fingerprint density at radius 3 is 2.95 bits per heavy atom. The molecule has 6 nitrogen and oxygen atoms in total. The molecule has 0 spiro atoms. The molecule has 0 fully saturated rings. The molecule has 100 valence electrons. The van der Waals surface area contributed by atoms with Gasteiger partial charge in [-0.1, -0.05) is 0 Å². The topological polar surface area (TPSA) is 88.9 Å². The van der Waals surface area contributed by atoms with Crippen molar-refractivity contribution in [3.05, 3.63) is 35.6 Å². The van der Waals surface area contributed by atoms with Gasteiger partial charge in [-0.2, -0.15) is 0 Å². The van der Waals surface area contributed by atoms with Crippen LogP contribution in [0.25, 0.3) is 11.2 Å². The van der Waals surface area contributed by atoms with Crippen LogP contribution in [-0.2, 0) is 11.2 Å². The van der Waals surface area contributed by atoms with Crippen molar-refractivity contribution in [3.8, 4) is 0 Å². The van der Waals surface area contributed by atoms with Gasteiger partial charge < -0.3 is 5.11 Å². The molecular weight excluding hydrogens is 296 g/mol. The Morgan fingerprint density at radius 2 is 2.10 bits per heavy atom. The van der Waals surface area contributed by atoms with Gasteiger partial charge in [0.2, 0.25) is 0 Å². The summed E-state index contributed by atoms with van der Waals surface area (Å²) < 4.78 is 0.761. The van der Waals surface area contributed by atoms with E-state index >= 15 is 0 Å². The molecule has 20 heavy (non-hydrogen) atoms. The monoisotopic (exact) mass is 304 g/mol. The molecule has 0 atom stereocenters. The molecule has 8 heteroatoms. The molecule has 0 radical (unpaired) electrons. The molecule has 0 aliphatic carbocycles. The number of aromatic nitrogens is 4. The number of nitrogens with zero attached hydrogens (tertiary/aromatic N) is 4. The highest BCUT2D eigenvalue weighted by molar-refractivity contribution is 8.01. The summed E-state index contributed by atoms with van der Waals surface area (Å²) in [5, 5.41) is 11.2. The Morgan fingerprint density at radius 1 is 1.25 bits per heavy atom. The fourth-order valence-corrected chi connectivity index (χ4v) is 3.30. The highest BCUT2D eigenvalue weighted by Gasteiger charge is 2.09. The van der Waals surface area contributed by atoms with Crippen molar-refractivity contribution in [1.82, 2.24) is 19.9 Å². The molecule has 1 N–H and O–H groups in total. The number of fused-ring (bicyclic) bond motifs is 1. The van der Waals surface area contributed by atoms with E-state index in [1.165, 1.54) is 23.1 Å². The van der Waals surface area contributed by atoms with E-state index in [1.54, 1.807) is 17.8 Å². The van der Waals surface area contributed by atoms with Gasteiger partial charge in [0.05, 0.1) is 12.1 Å². The van der Waals surface area contributed by atoms with E-state index in [2.05, 4.69) is 19.9 Å². The van der Waals surface area contributed by atoms with Gasteiger partial charge in [-0.3, -0.25) is 9.78 Å². The van der Waals surface area contributed by atoms with Crippen LogP contribution in [0.5, 0.6) is 0 Å². The molecule has 0 aromatic carbocycles. The molecule has 0 amide bonds. The minimum absolute atomic E-state index is 0.0618. The summed E-state index contributed by atoms with van der Waals surface area (Å²) in [6, 6.07) is 3.70. The number of thiazole rings is 1. The molecule has 3 aromatic heterocycles. The molecule has 0 aliphatic rings. The molecular formula is C12H8N4O2S2. The zero-order valence-electron chi connectivity index (χ0n) is 10.1. The molecule has 3 rings (SSSR count). The highest BCUT2D eigenvalue weighted by Crippen LogP contribution is 2.29. The van der Waals surface area contributed by atoms with Crippen LogP contribution in [0.3, 0.4) is 0 Å². The zero-order valence-corrected chi connectivity index (χ0v) is 11.7. The molecule has 0 unspecified atom stereocenters. The Balaban J connectivity index is 1.81. The van der Waals surface area contributed by atoms with Crippen molar-refractivity contribution in [1.29, 1.82) is 0 Å². The van der Waals surface area contributed by atoms with Gasteiger partial charge in [0, 0.05) is 17.8 Å². The average Bonchev–Trinajstić information content (AvgIpc) is 2.85. The fourth-order valence-electron chi connectivity index (χ4n) is 1.55. The maximum absolute atomic E-state index is 10.6. The van der Waals surface area contributed by atoms with Gasteiger partial charge in [0.1, 0.15) is 10.5 Å². The van der Waals surface area contributed by atoms with Crippen molar-refractivity contribution in [3.63, 3.8) is 0 Å². The lowest BCUT2D eigenvalue weighted by atomic mass is 10.3. The third-order valence-corrected chi connectivity index (χ3v) is 4.28. The van der Waals surface area contributed by atoms with Crippen molar-refractivity contribution >= 4 is 40.2 Å². The Labute approximate surface area is 121 Å². The third kappa shape index (κ3) is 2.91. The van der Waals surface area contributed by atoms with E-state index in [9.17, 15) is 4.79 Å². The Hall–Kier alpha value is -2.06.